The molecule has 110 valence electrons. The summed E-state index contributed by atoms with van der Waals surface area (Å²) in [6.45, 7) is 7.91. The lowest BCUT2D eigenvalue weighted by atomic mass is 10.1. The Labute approximate surface area is 123 Å². The minimum atomic E-state index is 0.0319. The van der Waals surface area contributed by atoms with Gasteiger partial charge in [-0.3, -0.25) is 4.79 Å². The lowest BCUT2D eigenvalue weighted by Gasteiger charge is -1.94. The number of carbonyl (C=O) groups is 1. The number of benzene rings is 1. The molecule has 0 heterocycles. The van der Waals surface area contributed by atoms with Crippen molar-refractivity contribution in [1.82, 2.24) is 0 Å². The number of nitrogens with two attached hydrogens (primary N) is 1. The van der Waals surface area contributed by atoms with Crippen LogP contribution in [0, 0.1) is 0 Å². The van der Waals surface area contributed by atoms with Crippen LogP contribution >= 0.6 is 0 Å². The Morgan fingerprint density at radius 2 is 1.50 bits per heavy atom. The van der Waals surface area contributed by atoms with E-state index in [1.807, 2.05) is 82.3 Å². The number of ketones is 1. The molecule has 2 heteroatoms. The van der Waals surface area contributed by atoms with Crippen LogP contribution in [0.4, 0.5) is 0 Å². The molecule has 0 aromatic heterocycles. The van der Waals surface area contributed by atoms with Crippen molar-refractivity contribution in [3.8, 4) is 0 Å². The quantitative estimate of drug-likeness (QED) is 0.497. The molecular formula is C18H27NO. The van der Waals surface area contributed by atoms with Crippen LogP contribution in [0.1, 0.15) is 38.1 Å². The van der Waals surface area contributed by atoms with E-state index < -0.39 is 0 Å². The maximum Gasteiger partial charge on any atom is 0.185 e. The maximum absolute atomic E-state index is 11.7. The van der Waals surface area contributed by atoms with E-state index in [1.54, 1.807) is 6.08 Å². The lowest BCUT2D eigenvalue weighted by Crippen LogP contribution is -1.92. The number of hydrogen-bond acceptors (Lipinski definition) is 2. The van der Waals surface area contributed by atoms with Gasteiger partial charge in [0, 0.05) is 5.56 Å². The first-order valence-corrected chi connectivity index (χ1v) is 6.92. The van der Waals surface area contributed by atoms with Crippen molar-refractivity contribution in [3.05, 3.63) is 71.8 Å². The molecule has 1 aromatic carbocycles. The van der Waals surface area contributed by atoms with E-state index in [1.165, 1.54) is 7.05 Å². The molecule has 0 aliphatic carbocycles. The van der Waals surface area contributed by atoms with E-state index in [4.69, 9.17) is 0 Å². The minimum Gasteiger partial charge on any atom is -0.333 e. The Balaban J connectivity index is 0. The maximum atomic E-state index is 11.7. The molecule has 1 rings (SSSR count). The zero-order valence-electron chi connectivity index (χ0n) is 13.3. The Kier molecular flexibility index (Phi) is 15.4. The van der Waals surface area contributed by atoms with Gasteiger partial charge >= 0.3 is 0 Å². The smallest absolute Gasteiger partial charge is 0.185 e. The minimum absolute atomic E-state index is 0.0319. The summed E-state index contributed by atoms with van der Waals surface area (Å²) >= 11 is 0. The Morgan fingerprint density at radius 1 is 0.950 bits per heavy atom. The number of allylic oxidation sites excluding steroid dienone is 6. The predicted molar refractivity (Wildman–Crippen MR) is 89.9 cm³/mol. The first-order valence-electron chi connectivity index (χ1n) is 6.92. The summed E-state index contributed by atoms with van der Waals surface area (Å²) in [6, 6.07) is 9.26. The number of hydrogen-bond donors (Lipinski definition) is 1. The summed E-state index contributed by atoms with van der Waals surface area (Å²) in [6.07, 6.45) is 9.32. The van der Waals surface area contributed by atoms with Crippen molar-refractivity contribution in [3.63, 3.8) is 0 Å². The normalized spacial score (nSPS) is 10.6. The highest BCUT2D eigenvalue weighted by Gasteiger charge is 1.98. The second-order valence-corrected chi connectivity index (χ2v) is 3.35. The zero-order chi connectivity index (χ0) is 15.8. The molecule has 1 aromatic rings. The summed E-state index contributed by atoms with van der Waals surface area (Å²) in [7, 11) is 1.50. The summed E-state index contributed by atoms with van der Waals surface area (Å²) in [4.78, 5) is 11.7. The first-order chi connectivity index (χ1) is 9.77. The summed E-state index contributed by atoms with van der Waals surface area (Å²) in [5.41, 5.74) is 6.25. The standard InChI is InChI=1S/C15H16O.C2H6.CH5N/c1-3-8-13(4-2)11-12-15(16)14-9-6-5-7-10-14;2*1-2/h3-12H,1-2H3;1-2H3;2H2,1H3/b8-3-,12-11+,13-4+;;. The van der Waals surface area contributed by atoms with Crippen molar-refractivity contribution in [2.75, 3.05) is 7.05 Å². The highest BCUT2D eigenvalue weighted by molar-refractivity contribution is 6.04. The number of rotatable bonds is 4. The molecule has 0 aliphatic rings. The van der Waals surface area contributed by atoms with Gasteiger partial charge in [-0.05, 0) is 32.5 Å². The van der Waals surface area contributed by atoms with Gasteiger partial charge in [-0.15, -0.1) is 0 Å². The average molecular weight is 273 g/mol. The Hall–Kier alpha value is -1.93. The molecule has 0 fully saturated rings. The SMILES string of the molecule is CC.CN.C\C=C/C(/C=C/C(=O)c1ccccc1)=C\C. The third-order valence-corrected chi connectivity index (χ3v) is 2.18. The van der Waals surface area contributed by atoms with Crippen molar-refractivity contribution < 1.29 is 4.79 Å². The molecule has 0 aliphatic heterocycles. The van der Waals surface area contributed by atoms with Crippen molar-refractivity contribution in [2.45, 2.75) is 27.7 Å². The van der Waals surface area contributed by atoms with E-state index >= 15 is 0 Å². The van der Waals surface area contributed by atoms with Crippen molar-refractivity contribution >= 4 is 5.78 Å². The van der Waals surface area contributed by atoms with E-state index in [0.29, 0.717) is 0 Å². The van der Waals surface area contributed by atoms with Crippen LogP contribution in [0.3, 0.4) is 0 Å². The summed E-state index contributed by atoms with van der Waals surface area (Å²) in [5.74, 6) is 0.0319. The second kappa shape index (κ2) is 15.1. The topological polar surface area (TPSA) is 43.1 Å². The Morgan fingerprint density at radius 3 is 1.95 bits per heavy atom. The van der Waals surface area contributed by atoms with Crippen LogP contribution in [0.2, 0.25) is 0 Å². The fraction of sp³-hybridized carbons (Fsp3) is 0.278. The lowest BCUT2D eigenvalue weighted by molar-refractivity contribution is 0.104. The van der Waals surface area contributed by atoms with Crippen molar-refractivity contribution in [2.24, 2.45) is 5.73 Å². The van der Waals surface area contributed by atoms with E-state index in [0.717, 1.165) is 11.1 Å². The van der Waals surface area contributed by atoms with Crippen LogP contribution in [0.5, 0.6) is 0 Å². The first kappa shape index (κ1) is 20.4. The number of carbonyl (C=O) groups excluding carboxylic acids is 1. The molecule has 0 unspecified atom stereocenters. The molecule has 0 saturated carbocycles. The van der Waals surface area contributed by atoms with Crippen LogP contribution in [0.25, 0.3) is 0 Å². The second-order valence-electron chi connectivity index (χ2n) is 3.35. The molecule has 0 atom stereocenters. The van der Waals surface area contributed by atoms with E-state index in [9.17, 15) is 4.79 Å². The average Bonchev–Trinajstić information content (AvgIpc) is 2.55. The molecule has 0 bridgehead atoms. The third-order valence-electron chi connectivity index (χ3n) is 2.18. The monoisotopic (exact) mass is 273 g/mol. The van der Waals surface area contributed by atoms with Gasteiger partial charge in [-0.25, -0.2) is 0 Å². The molecule has 0 radical (unpaired) electrons. The van der Waals surface area contributed by atoms with Crippen molar-refractivity contribution in [1.29, 1.82) is 0 Å². The molecule has 2 N–H and O–H groups in total. The van der Waals surface area contributed by atoms with E-state index in [2.05, 4.69) is 5.73 Å². The van der Waals surface area contributed by atoms with Gasteiger partial charge in [0.05, 0.1) is 0 Å². The van der Waals surface area contributed by atoms with Crippen LogP contribution < -0.4 is 5.73 Å². The van der Waals surface area contributed by atoms with Crippen LogP contribution in [-0.2, 0) is 0 Å². The van der Waals surface area contributed by atoms with Gasteiger partial charge in [0.25, 0.3) is 0 Å². The molecule has 0 spiro atoms. The predicted octanol–water partition coefficient (Wildman–Crippen LogP) is 4.55. The fourth-order valence-electron chi connectivity index (χ4n) is 1.31. The van der Waals surface area contributed by atoms with Gasteiger partial charge in [-0.2, -0.15) is 0 Å². The van der Waals surface area contributed by atoms with Gasteiger partial charge in [0.2, 0.25) is 0 Å². The van der Waals surface area contributed by atoms with Crippen LogP contribution in [-0.4, -0.2) is 12.8 Å². The third kappa shape index (κ3) is 9.06. The van der Waals surface area contributed by atoms with Gasteiger partial charge in [-0.1, -0.05) is 68.5 Å². The molecule has 0 saturated heterocycles. The molecule has 0 amide bonds. The zero-order valence-corrected chi connectivity index (χ0v) is 13.3. The summed E-state index contributed by atoms with van der Waals surface area (Å²) in [5, 5.41) is 0. The Bertz CT molecular complexity index is 428. The molecule has 20 heavy (non-hydrogen) atoms. The van der Waals surface area contributed by atoms with Gasteiger partial charge < -0.3 is 5.73 Å². The van der Waals surface area contributed by atoms with E-state index in [-0.39, 0.29) is 5.78 Å². The molecule has 2 nitrogen and oxygen atoms in total. The van der Waals surface area contributed by atoms with Gasteiger partial charge in [0.15, 0.2) is 5.78 Å². The fourth-order valence-corrected chi connectivity index (χ4v) is 1.31. The highest BCUT2D eigenvalue weighted by Crippen LogP contribution is 2.04. The highest BCUT2D eigenvalue weighted by atomic mass is 16.1. The summed E-state index contributed by atoms with van der Waals surface area (Å²) < 4.78 is 0. The molecular weight excluding hydrogens is 246 g/mol. The van der Waals surface area contributed by atoms with Crippen LogP contribution in [0.15, 0.2) is 66.3 Å². The van der Waals surface area contributed by atoms with Gasteiger partial charge in [0.1, 0.15) is 0 Å². The largest absolute Gasteiger partial charge is 0.333 e.